The Morgan fingerprint density at radius 2 is 1.74 bits per heavy atom. The van der Waals surface area contributed by atoms with Crippen molar-refractivity contribution in [1.29, 1.82) is 0 Å². The van der Waals surface area contributed by atoms with E-state index in [1.165, 1.54) is 28.6 Å². The summed E-state index contributed by atoms with van der Waals surface area (Å²) in [5.74, 6) is 0.189. The van der Waals surface area contributed by atoms with Crippen LogP contribution in [0.1, 0.15) is 25.3 Å². The number of hydrogen-bond donors (Lipinski definition) is 1. The highest BCUT2D eigenvalue weighted by Gasteiger charge is 2.51. The molecular formula is C25H30F3N3O5S2. The molecule has 3 aliphatic heterocycles. The summed E-state index contributed by atoms with van der Waals surface area (Å²) in [6.45, 7) is 2.78. The molecule has 2 aromatic rings. The van der Waals surface area contributed by atoms with Gasteiger partial charge in [-0.3, -0.25) is 9.69 Å². The number of nitrogens with zero attached hydrogens (tertiary/aromatic N) is 3. The quantitative estimate of drug-likeness (QED) is 0.569. The summed E-state index contributed by atoms with van der Waals surface area (Å²) in [6, 6.07) is 8.36. The number of ketones is 1. The topological polar surface area (TPSA) is 90.4 Å². The first-order chi connectivity index (χ1) is 17.9. The molecule has 0 aliphatic carbocycles. The molecule has 38 heavy (non-hydrogen) atoms. The second kappa shape index (κ2) is 10.2. The normalized spacial score (nSPS) is 27.3. The van der Waals surface area contributed by atoms with Gasteiger partial charge in [-0.1, -0.05) is 18.2 Å². The van der Waals surface area contributed by atoms with Crippen molar-refractivity contribution in [3.05, 3.63) is 47.3 Å². The molecule has 1 aromatic heterocycles. The summed E-state index contributed by atoms with van der Waals surface area (Å²) in [4.78, 5) is 16.5. The highest BCUT2D eigenvalue weighted by atomic mass is 32.2. The maximum atomic E-state index is 13.3. The second-order valence-corrected chi connectivity index (χ2v) is 13.4. The predicted octanol–water partition coefficient (Wildman–Crippen LogP) is 2.83. The molecule has 0 spiro atoms. The van der Waals surface area contributed by atoms with Crippen LogP contribution in [0.4, 0.5) is 18.9 Å². The number of sulfonamides is 1. The predicted molar refractivity (Wildman–Crippen MR) is 136 cm³/mol. The van der Waals surface area contributed by atoms with Gasteiger partial charge in [0, 0.05) is 56.8 Å². The van der Waals surface area contributed by atoms with Crippen molar-refractivity contribution in [2.75, 3.05) is 44.3 Å². The van der Waals surface area contributed by atoms with Crippen molar-refractivity contribution in [3.63, 3.8) is 0 Å². The molecule has 3 saturated heterocycles. The molecule has 4 atom stereocenters. The summed E-state index contributed by atoms with van der Waals surface area (Å²) in [5.41, 5.74) is -2.62. The number of ether oxygens (including phenoxy) is 1. The second-order valence-electron chi connectivity index (χ2n) is 10.2. The zero-order chi connectivity index (χ0) is 27.3. The van der Waals surface area contributed by atoms with Crippen LogP contribution in [0.5, 0.6) is 0 Å². The standard InChI is InChI=1S/C25H30F3N3O5S2/c1-24(33,25(26,27)28)17-4-6-18(7-5-17)30-9-8-29(38(34,35)23-3-2-10-37-23)13-21(30)14-31-19-11-22(32)12-20(31)16-36-15-19/h2-7,10,19-21,33H,8-9,11-16H2,1H3/t19?,20?,21-,24?/m1/s1. The Labute approximate surface area is 223 Å². The van der Waals surface area contributed by atoms with E-state index in [4.69, 9.17) is 4.74 Å². The number of halogens is 3. The number of piperazine rings is 1. The van der Waals surface area contributed by atoms with E-state index >= 15 is 0 Å². The minimum absolute atomic E-state index is 0.0922. The van der Waals surface area contributed by atoms with Crippen LogP contribution in [0.15, 0.2) is 46.0 Å². The van der Waals surface area contributed by atoms with Crippen LogP contribution in [0, 0.1) is 0 Å². The number of hydrogen-bond acceptors (Lipinski definition) is 8. The third-order valence-electron chi connectivity index (χ3n) is 7.75. The van der Waals surface area contributed by atoms with Crippen molar-refractivity contribution in [3.8, 4) is 0 Å². The maximum Gasteiger partial charge on any atom is 0.421 e. The van der Waals surface area contributed by atoms with Crippen molar-refractivity contribution >= 4 is 32.8 Å². The van der Waals surface area contributed by atoms with Crippen LogP contribution >= 0.6 is 11.3 Å². The summed E-state index contributed by atoms with van der Waals surface area (Å²) < 4.78 is 74.1. The van der Waals surface area contributed by atoms with Crippen LogP contribution in [0.2, 0.25) is 0 Å². The number of carbonyl (C=O) groups excluding carboxylic acids is 1. The molecule has 13 heteroatoms. The Hall–Kier alpha value is -2.03. The maximum absolute atomic E-state index is 13.3. The van der Waals surface area contributed by atoms with E-state index in [1.807, 2.05) is 4.90 Å². The smallest absolute Gasteiger partial charge is 0.378 e. The number of carbonyl (C=O) groups is 1. The molecule has 3 fully saturated rings. The molecule has 4 heterocycles. The van der Waals surface area contributed by atoms with Gasteiger partial charge >= 0.3 is 6.18 Å². The van der Waals surface area contributed by atoms with E-state index in [-0.39, 0.29) is 46.8 Å². The largest absolute Gasteiger partial charge is 0.421 e. The molecule has 3 aliphatic rings. The fourth-order valence-electron chi connectivity index (χ4n) is 5.55. The number of aliphatic hydroxyl groups is 1. The zero-order valence-corrected chi connectivity index (χ0v) is 22.4. The van der Waals surface area contributed by atoms with Crippen molar-refractivity contribution in [2.24, 2.45) is 0 Å². The molecule has 5 rings (SSSR count). The van der Waals surface area contributed by atoms with Crippen LogP contribution in [-0.4, -0.2) is 92.2 Å². The molecule has 1 N–H and O–H groups in total. The van der Waals surface area contributed by atoms with Gasteiger partial charge < -0.3 is 14.7 Å². The van der Waals surface area contributed by atoms with Crippen molar-refractivity contribution in [1.82, 2.24) is 9.21 Å². The van der Waals surface area contributed by atoms with Gasteiger partial charge in [0.15, 0.2) is 5.60 Å². The molecule has 0 saturated carbocycles. The molecule has 2 bridgehead atoms. The van der Waals surface area contributed by atoms with E-state index in [0.717, 1.165) is 18.3 Å². The van der Waals surface area contributed by atoms with E-state index in [0.29, 0.717) is 44.8 Å². The Morgan fingerprint density at radius 1 is 1.08 bits per heavy atom. The number of thiophene rings is 1. The molecular weight excluding hydrogens is 543 g/mol. The van der Waals surface area contributed by atoms with Crippen LogP contribution in [0.3, 0.4) is 0 Å². The molecule has 208 valence electrons. The fourth-order valence-corrected chi connectivity index (χ4v) is 8.17. The van der Waals surface area contributed by atoms with Gasteiger partial charge in [0.1, 0.15) is 9.99 Å². The number of piperidine rings is 1. The van der Waals surface area contributed by atoms with Gasteiger partial charge in [-0.15, -0.1) is 11.3 Å². The lowest BCUT2D eigenvalue weighted by Crippen LogP contribution is -2.64. The summed E-state index contributed by atoms with van der Waals surface area (Å²) in [5, 5.41) is 11.8. The summed E-state index contributed by atoms with van der Waals surface area (Å²) in [7, 11) is -3.70. The van der Waals surface area contributed by atoms with Crippen molar-refractivity contribution < 1.29 is 36.2 Å². The van der Waals surface area contributed by atoms with E-state index in [9.17, 15) is 31.5 Å². The van der Waals surface area contributed by atoms with Gasteiger partial charge in [-0.2, -0.15) is 17.5 Å². The Kier molecular flexibility index (Phi) is 7.37. The van der Waals surface area contributed by atoms with Gasteiger partial charge in [-0.05, 0) is 36.1 Å². The van der Waals surface area contributed by atoms with Crippen LogP contribution < -0.4 is 4.90 Å². The van der Waals surface area contributed by atoms with Crippen LogP contribution in [-0.2, 0) is 25.2 Å². The van der Waals surface area contributed by atoms with E-state index in [1.54, 1.807) is 17.5 Å². The van der Waals surface area contributed by atoms with E-state index < -0.39 is 21.8 Å². The number of Topliss-reactive ketones (excluding diaryl/α,β-unsaturated/α-hetero) is 1. The van der Waals surface area contributed by atoms with Crippen molar-refractivity contribution in [2.45, 2.75) is 53.9 Å². The number of anilines is 1. The zero-order valence-electron chi connectivity index (χ0n) is 20.8. The molecule has 0 radical (unpaired) electrons. The van der Waals surface area contributed by atoms with E-state index in [2.05, 4.69) is 4.90 Å². The SMILES string of the molecule is CC(O)(c1ccc(N2CCN(S(=O)(=O)c3cccs3)C[C@@H]2CN2C3COCC2CC(=O)C3)cc1)C(F)(F)F. The minimum Gasteiger partial charge on any atom is -0.378 e. The highest BCUT2D eigenvalue weighted by molar-refractivity contribution is 7.91. The minimum atomic E-state index is -4.83. The number of rotatable bonds is 6. The molecule has 3 unspecified atom stereocenters. The van der Waals surface area contributed by atoms with Gasteiger partial charge in [0.05, 0.1) is 19.3 Å². The lowest BCUT2D eigenvalue weighted by atomic mass is 9.92. The third kappa shape index (κ3) is 5.11. The first-order valence-corrected chi connectivity index (χ1v) is 14.7. The first kappa shape index (κ1) is 27.5. The number of alkyl halides is 3. The highest BCUT2D eigenvalue weighted by Crippen LogP contribution is 2.39. The summed E-state index contributed by atoms with van der Waals surface area (Å²) in [6.07, 6.45) is -4.08. The first-order valence-electron chi connectivity index (χ1n) is 12.4. The average Bonchev–Trinajstić information content (AvgIpc) is 3.40. The lowest BCUT2D eigenvalue weighted by Gasteiger charge is -2.50. The van der Waals surface area contributed by atoms with Gasteiger partial charge in [-0.25, -0.2) is 8.42 Å². The molecule has 1 aromatic carbocycles. The van der Waals surface area contributed by atoms with Crippen LogP contribution in [0.25, 0.3) is 0 Å². The van der Waals surface area contributed by atoms with Gasteiger partial charge in [0.25, 0.3) is 10.0 Å². The summed E-state index contributed by atoms with van der Waals surface area (Å²) >= 11 is 1.15. The third-order valence-corrected chi connectivity index (χ3v) is 11.0. The molecule has 0 amide bonds. The Balaban J connectivity index is 1.43. The molecule has 8 nitrogen and oxygen atoms in total. The number of morpholine rings is 1. The Morgan fingerprint density at radius 3 is 2.32 bits per heavy atom. The van der Waals surface area contributed by atoms with Gasteiger partial charge in [0.2, 0.25) is 0 Å². The number of fused-ring (bicyclic) bond motifs is 2. The lowest BCUT2D eigenvalue weighted by molar-refractivity contribution is -0.258. The fraction of sp³-hybridized carbons (Fsp3) is 0.560. The number of benzene rings is 1. The monoisotopic (exact) mass is 573 g/mol. The average molecular weight is 574 g/mol. The Bertz CT molecular complexity index is 1240.